The van der Waals surface area contributed by atoms with Crippen LogP contribution in [0.15, 0.2) is 54.7 Å². The summed E-state index contributed by atoms with van der Waals surface area (Å²) in [6.07, 6.45) is 2.94. The highest BCUT2D eigenvalue weighted by molar-refractivity contribution is 5.89. The van der Waals surface area contributed by atoms with Gasteiger partial charge in [0.1, 0.15) is 5.82 Å². The van der Waals surface area contributed by atoms with Gasteiger partial charge in [0.2, 0.25) is 0 Å². The van der Waals surface area contributed by atoms with E-state index in [1.54, 1.807) is 0 Å². The molecule has 1 aliphatic heterocycles. The third-order valence-corrected chi connectivity index (χ3v) is 5.86. The molecule has 0 radical (unpaired) electrons. The summed E-state index contributed by atoms with van der Waals surface area (Å²) < 4.78 is 2.28. The van der Waals surface area contributed by atoms with Crippen molar-refractivity contribution in [2.24, 2.45) is 5.92 Å². The second-order valence-corrected chi connectivity index (χ2v) is 8.03. The number of hydrogen-bond donors (Lipinski definition) is 1. The molecule has 1 atom stereocenters. The van der Waals surface area contributed by atoms with E-state index in [2.05, 4.69) is 47.8 Å². The van der Waals surface area contributed by atoms with Crippen molar-refractivity contribution in [3.63, 3.8) is 0 Å². The normalized spacial score (nSPS) is 16.2. The summed E-state index contributed by atoms with van der Waals surface area (Å²) in [5.41, 5.74) is 5.56. The van der Waals surface area contributed by atoms with Gasteiger partial charge in [-0.3, -0.25) is 0 Å². The number of nitrogens with zero attached hydrogens (tertiary/aromatic N) is 3. The Morgan fingerprint density at radius 1 is 1.10 bits per heavy atom. The van der Waals surface area contributed by atoms with Crippen LogP contribution in [0, 0.1) is 26.7 Å². The van der Waals surface area contributed by atoms with E-state index in [4.69, 9.17) is 0 Å². The van der Waals surface area contributed by atoms with E-state index in [0.29, 0.717) is 5.92 Å². The molecule has 4 rings (SSSR count). The van der Waals surface area contributed by atoms with Gasteiger partial charge in [0, 0.05) is 42.8 Å². The highest BCUT2D eigenvalue weighted by Crippen LogP contribution is 2.25. The summed E-state index contributed by atoms with van der Waals surface area (Å²) in [6.45, 7) is 8.67. The summed E-state index contributed by atoms with van der Waals surface area (Å²) in [7, 11) is 0. The molecule has 0 spiro atoms. The monoisotopic (exact) mass is 388 g/mol. The predicted molar refractivity (Wildman–Crippen MR) is 117 cm³/mol. The molecule has 5 nitrogen and oxygen atoms in total. The maximum absolute atomic E-state index is 12.7. The van der Waals surface area contributed by atoms with E-state index < -0.39 is 0 Å². The third-order valence-electron chi connectivity index (χ3n) is 5.86. The number of carbonyl (C=O) groups is 1. The Hall–Kier alpha value is -3.08. The lowest BCUT2D eigenvalue weighted by Gasteiger charge is -2.19. The molecule has 0 aliphatic carbocycles. The van der Waals surface area contributed by atoms with Gasteiger partial charge in [0.25, 0.3) is 0 Å². The summed E-state index contributed by atoms with van der Waals surface area (Å²) in [4.78, 5) is 19.3. The van der Waals surface area contributed by atoms with Crippen LogP contribution in [0.1, 0.15) is 23.2 Å². The Balaban J connectivity index is 1.41. The van der Waals surface area contributed by atoms with Crippen molar-refractivity contribution in [3.05, 3.63) is 71.5 Å². The van der Waals surface area contributed by atoms with E-state index in [0.717, 1.165) is 48.8 Å². The Labute approximate surface area is 172 Å². The van der Waals surface area contributed by atoms with Crippen molar-refractivity contribution in [3.8, 4) is 11.4 Å². The number of aryl methyl sites for hydroxylation is 3. The minimum absolute atomic E-state index is 0.0126. The van der Waals surface area contributed by atoms with Gasteiger partial charge in [0.15, 0.2) is 0 Å². The minimum Gasteiger partial charge on any atom is -0.328 e. The molecule has 3 aromatic rings. The van der Waals surface area contributed by atoms with Crippen LogP contribution in [0.3, 0.4) is 0 Å². The van der Waals surface area contributed by atoms with Crippen molar-refractivity contribution < 1.29 is 4.79 Å². The zero-order chi connectivity index (χ0) is 20.4. The van der Waals surface area contributed by atoms with Crippen molar-refractivity contribution in [1.82, 2.24) is 14.5 Å². The molecule has 1 N–H and O–H groups in total. The lowest BCUT2D eigenvalue weighted by atomic mass is 10.1. The highest BCUT2D eigenvalue weighted by Gasteiger charge is 2.27. The van der Waals surface area contributed by atoms with E-state index in [9.17, 15) is 4.79 Å². The molecule has 29 heavy (non-hydrogen) atoms. The lowest BCUT2D eigenvalue weighted by molar-refractivity contribution is 0.220. The van der Waals surface area contributed by atoms with Crippen LogP contribution in [0.2, 0.25) is 0 Å². The number of nitrogens with one attached hydrogen (secondary N) is 1. The molecule has 1 saturated heterocycles. The number of benzene rings is 2. The average Bonchev–Trinajstić information content (AvgIpc) is 3.33. The van der Waals surface area contributed by atoms with Crippen molar-refractivity contribution >= 4 is 11.7 Å². The fourth-order valence-corrected chi connectivity index (χ4v) is 3.96. The fourth-order valence-electron chi connectivity index (χ4n) is 3.96. The Morgan fingerprint density at radius 3 is 2.66 bits per heavy atom. The van der Waals surface area contributed by atoms with Crippen LogP contribution in [-0.2, 0) is 6.54 Å². The van der Waals surface area contributed by atoms with Gasteiger partial charge >= 0.3 is 6.03 Å². The number of aromatic nitrogens is 2. The van der Waals surface area contributed by atoms with E-state index in [-0.39, 0.29) is 6.03 Å². The first-order valence-corrected chi connectivity index (χ1v) is 10.2. The molecule has 0 bridgehead atoms. The van der Waals surface area contributed by atoms with E-state index in [1.807, 2.05) is 47.5 Å². The number of imidazole rings is 1. The SMILES string of the molecule is Cc1ccc(NC(=O)N2CCC(Cn3c(C)cnc3-c3ccccc3)C2)cc1C. The van der Waals surface area contributed by atoms with Crippen LogP contribution >= 0.6 is 0 Å². The average molecular weight is 389 g/mol. The zero-order valence-electron chi connectivity index (χ0n) is 17.4. The maximum Gasteiger partial charge on any atom is 0.321 e. The van der Waals surface area contributed by atoms with E-state index in [1.165, 1.54) is 11.1 Å². The minimum atomic E-state index is -0.0126. The number of amides is 2. The molecule has 0 saturated carbocycles. The molecule has 5 heteroatoms. The predicted octanol–water partition coefficient (Wildman–Crippen LogP) is 5.03. The van der Waals surface area contributed by atoms with Crippen molar-refractivity contribution in [2.75, 3.05) is 18.4 Å². The van der Waals surface area contributed by atoms with Gasteiger partial charge in [-0.1, -0.05) is 36.4 Å². The molecule has 2 heterocycles. The first-order chi connectivity index (χ1) is 14.0. The van der Waals surface area contributed by atoms with Gasteiger partial charge in [-0.25, -0.2) is 9.78 Å². The smallest absolute Gasteiger partial charge is 0.321 e. The second-order valence-electron chi connectivity index (χ2n) is 8.03. The Bertz CT molecular complexity index is 1010. The largest absolute Gasteiger partial charge is 0.328 e. The number of anilines is 1. The quantitative estimate of drug-likeness (QED) is 0.681. The zero-order valence-corrected chi connectivity index (χ0v) is 17.4. The molecular formula is C24H28N4O. The fraction of sp³-hybridized carbons (Fsp3) is 0.333. The van der Waals surface area contributed by atoms with Crippen LogP contribution in [0.4, 0.5) is 10.5 Å². The second kappa shape index (κ2) is 8.11. The highest BCUT2D eigenvalue weighted by atomic mass is 16.2. The van der Waals surface area contributed by atoms with Crippen LogP contribution < -0.4 is 5.32 Å². The van der Waals surface area contributed by atoms with Crippen molar-refractivity contribution in [1.29, 1.82) is 0 Å². The summed E-state index contributed by atoms with van der Waals surface area (Å²) in [5, 5.41) is 3.05. The standard InChI is InChI=1S/C24H28N4O/c1-17-9-10-22(13-18(17)2)26-24(29)27-12-11-20(15-27)16-28-19(3)14-25-23(28)21-7-5-4-6-8-21/h4-10,13-14,20H,11-12,15-16H2,1-3H3,(H,26,29). The first kappa shape index (κ1) is 19.2. The summed E-state index contributed by atoms with van der Waals surface area (Å²) in [6, 6.07) is 16.3. The Kier molecular flexibility index (Phi) is 5.38. The van der Waals surface area contributed by atoms with Gasteiger partial charge in [-0.05, 0) is 56.4 Å². The van der Waals surface area contributed by atoms with E-state index >= 15 is 0 Å². The Morgan fingerprint density at radius 2 is 1.90 bits per heavy atom. The number of urea groups is 1. The first-order valence-electron chi connectivity index (χ1n) is 10.2. The number of rotatable bonds is 4. The third kappa shape index (κ3) is 4.19. The molecule has 1 fully saturated rings. The maximum atomic E-state index is 12.7. The summed E-state index contributed by atoms with van der Waals surface area (Å²) >= 11 is 0. The van der Waals surface area contributed by atoms with Crippen LogP contribution in [0.25, 0.3) is 11.4 Å². The molecule has 2 aromatic carbocycles. The number of likely N-dealkylation sites (tertiary alicyclic amines) is 1. The summed E-state index contributed by atoms with van der Waals surface area (Å²) in [5.74, 6) is 1.43. The van der Waals surface area contributed by atoms with Gasteiger partial charge in [-0.2, -0.15) is 0 Å². The molecule has 1 aromatic heterocycles. The molecule has 1 unspecified atom stereocenters. The number of hydrogen-bond acceptors (Lipinski definition) is 2. The molecule has 1 aliphatic rings. The molecular weight excluding hydrogens is 360 g/mol. The van der Waals surface area contributed by atoms with Gasteiger partial charge < -0.3 is 14.8 Å². The molecule has 150 valence electrons. The number of carbonyl (C=O) groups excluding carboxylic acids is 1. The van der Waals surface area contributed by atoms with Gasteiger partial charge in [0.05, 0.1) is 0 Å². The lowest BCUT2D eigenvalue weighted by Crippen LogP contribution is -2.33. The van der Waals surface area contributed by atoms with Crippen molar-refractivity contribution in [2.45, 2.75) is 33.7 Å². The van der Waals surface area contributed by atoms with Gasteiger partial charge in [-0.15, -0.1) is 0 Å². The van der Waals surface area contributed by atoms with Crippen LogP contribution in [0.5, 0.6) is 0 Å². The topological polar surface area (TPSA) is 50.2 Å². The molecule has 2 amide bonds. The van der Waals surface area contributed by atoms with Crippen LogP contribution in [-0.4, -0.2) is 33.6 Å².